The molecule has 1 aliphatic rings. The molecule has 0 saturated carbocycles. The van der Waals surface area contributed by atoms with Crippen molar-refractivity contribution >= 4 is 46.4 Å². The smallest absolute Gasteiger partial charge is 0.283 e. The van der Waals surface area contributed by atoms with E-state index in [0.717, 1.165) is 16.0 Å². The van der Waals surface area contributed by atoms with Crippen LogP contribution in [-0.2, 0) is 9.59 Å². The average molecular weight is 464 g/mol. The van der Waals surface area contributed by atoms with Crippen LogP contribution < -0.4 is 15.5 Å². The Labute approximate surface area is 194 Å². The molecule has 4 rings (SSSR count). The van der Waals surface area contributed by atoms with Crippen molar-refractivity contribution in [2.24, 2.45) is 0 Å². The summed E-state index contributed by atoms with van der Waals surface area (Å²) in [5.41, 5.74) is 3.17. The first-order chi connectivity index (χ1) is 15.8. The number of aryl methyl sites for hydroxylation is 2. The third-order valence-electron chi connectivity index (χ3n) is 5.31. The summed E-state index contributed by atoms with van der Waals surface area (Å²) in [5, 5.41) is 5.14. The number of amides is 3. The van der Waals surface area contributed by atoms with Gasteiger partial charge in [-0.3, -0.25) is 14.4 Å². The van der Waals surface area contributed by atoms with Crippen LogP contribution in [0.15, 0.2) is 77.5 Å². The van der Waals surface area contributed by atoms with E-state index in [-0.39, 0.29) is 22.0 Å². The van der Waals surface area contributed by atoms with Crippen LogP contribution in [0.1, 0.15) is 21.5 Å². The van der Waals surface area contributed by atoms with Gasteiger partial charge < -0.3 is 10.6 Å². The molecule has 0 unspecified atom stereocenters. The second-order valence-electron chi connectivity index (χ2n) is 7.54. The molecule has 0 aromatic heterocycles. The molecule has 0 atom stereocenters. The van der Waals surface area contributed by atoms with Crippen LogP contribution in [0.25, 0.3) is 0 Å². The first kappa shape index (κ1) is 22.2. The normalized spacial score (nSPS) is 13.5. The highest BCUT2D eigenvalue weighted by molar-refractivity contribution is 6.53. The SMILES string of the molecule is Cc1ccc(N2C(=O)C(Cl)=C(Nc3ccc(C(=O)Nc4ccccc4F)cc3)C2=O)cc1C. The fourth-order valence-corrected chi connectivity index (χ4v) is 3.53. The maximum absolute atomic E-state index is 13.8. The topological polar surface area (TPSA) is 78.5 Å². The average Bonchev–Trinajstić information content (AvgIpc) is 3.01. The summed E-state index contributed by atoms with van der Waals surface area (Å²) < 4.78 is 13.8. The minimum Gasteiger partial charge on any atom is -0.350 e. The fourth-order valence-electron chi connectivity index (χ4n) is 3.32. The summed E-state index contributed by atoms with van der Waals surface area (Å²) in [6.07, 6.45) is 0. The Hall–Kier alpha value is -3.97. The van der Waals surface area contributed by atoms with Crippen LogP contribution in [-0.4, -0.2) is 17.7 Å². The highest BCUT2D eigenvalue weighted by Gasteiger charge is 2.39. The van der Waals surface area contributed by atoms with Crippen LogP contribution >= 0.6 is 11.6 Å². The molecule has 6 nitrogen and oxygen atoms in total. The molecular weight excluding hydrogens is 445 g/mol. The molecule has 0 radical (unpaired) electrons. The predicted molar refractivity (Wildman–Crippen MR) is 126 cm³/mol. The van der Waals surface area contributed by atoms with E-state index < -0.39 is 23.5 Å². The number of carbonyl (C=O) groups excluding carboxylic acids is 3. The van der Waals surface area contributed by atoms with Crippen LogP contribution in [0.3, 0.4) is 0 Å². The molecule has 33 heavy (non-hydrogen) atoms. The molecular formula is C25H19ClFN3O3. The molecule has 166 valence electrons. The van der Waals surface area contributed by atoms with Crippen LogP contribution in [0, 0.1) is 19.7 Å². The molecule has 0 spiro atoms. The molecule has 3 aromatic rings. The van der Waals surface area contributed by atoms with Crippen molar-refractivity contribution < 1.29 is 18.8 Å². The summed E-state index contributed by atoms with van der Waals surface area (Å²) >= 11 is 6.18. The Balaban J connectivity index is 1.50. The van der Waals surface area contributed by atoms with E-state index in [1.54, 1.807) is 30.3 Å². The predicted octanol–water partition coefficient (Wildman–Crippen LogP) is 5.13. The fraction of sp³-hybridized carbons (Fsp3) is 0.0800. The van der Waals surface area contributed by atoms with Crippen molar-refractivity contribution in [3.05, 3.63) is 100.0 Å². The quantitative estimate of drug-likeness (QED) is 0.514. The van der Waals surface area contributed by atoms with Gasteiger partial charge in [-0.1, -0.05) is 29.8 Å². The third kappa shape index (κ3) is 4.36. The maximum Gasteiger partial charge on any atom is 0.283 e. The Morgan fingerprint density at radius 1 is 0.909 bits per heavy atom. The summed E-state index contributed by atoms with van der Waals surface area (Å²) in [6, 6.07) is 17.3. The number of halogens is 2. The molecule has 1 heterocycles. The van der Waals surface area contributed by atoms with E-state index in [2.05, 4.69) is 10.6 Å². The molecule has 2 N–H and O–H groups in total. The van der Waals surface area contributed by atoms with Gasteiger partial charge in [-0.05, 0) is 73.5 Å². The number of para-hydroxylation sites is 1. The van der Waals surface area contributed by atoms with Crippen molar-refractivity contribution in [1.82, 2.24) is 0 Å². The number of nitrogens with one attached hydrogen (secondary N) is 2. The lowest BCUT2D eigenvalue weighted by molar-refractivity contribution is -0.120. The van der Waals surface area contributed by atoms with E-state index in [1.807, 2.05) is 19.9 Å². The van der Waals surface area contributed by atoms with Crippen molar-refractivity contribution in [2.45, 2.75) is 13.8 Å². The highest BCUT2D eigenvalue weighted by Crippen LogP contribution is 2.31. The number of benzene rings is 3. The second kappa shape index (κ2) is 8.88. The zero-order chi connectivity index (χ0) is 23.7. The molecule has 0 fully saturated rings. The van der Waals surface area contributed by atoms with Gasteiger partial charge in [0.2, 0.25) is 0 Å². The Bertz CT molecular complexity index is 1320. The number of carbonyl (C=O) groups is 3. The van der Waals surface area contributed by atoms with E-state index in [9.17, 15) is 18.8 Å². The minimum absolute atomic E-state index is 0.0524. The van der Waals surface area contributed by atoms with Crippen LogP contribution in [0.2, 0.25) is 0 Å². The number of hydrogen-bond acceptors (Lipinski definition) is 4. The summed E-state index contributed by atoms with van der Waals surface area (Å²) in [7, 11) is 0. The number of rotatable bonds is 5. The van der Waals surface area contributed by atoms with E-state index >= 15 is 0 Å². The molecule has 1 aliphatic heterocycles. The minimum atomic E-state index is -0.617. The van der Waals surface area contributed by atoms with Crippen molar-refractivity contribution in [3.63, 3.8) is 0 Å². The van der Waals surface area contributed by atoms with Crippen molar-refractivity contribution in [2.75, 3.05) is 15.5 Å². The monoisotopic (exact) mass is 463 g/mol. The third-order valence-corrected chi connectivity index (χ3v) is 5.67. The van der Waals surface area contributed by atoms with Gasteiger partial charge in [0.15, 0.2) is 0 Å². The van der Waals surface area contributed by atoms with Gasteiger partial charge in [0, 0.05) is 11.3 Å². The zero-order valence-corrected chi connectivity index (χ0v) is 18.5. The summed E-state index contributed by atoms with van der Waals surface area (Å²) in [5.74, 6) is -2.22. The van der Waals surface area contributed by atoms with Gasteiger partial charge in [0.1, 0.15) is 16.5 Å². The molecule has 0 saturated heterocycles. The lowest BCUT2D eigenvalue weighted by atomic mass is 10.1. The van der Waals surface area contributed by atoms with E-state index in [4.69, 9.17) is 11.6 Å². The van der Waals surface area contributed by atoms with Crippen LogP contribution in [0.4, 0.5) is 21.5 Å². The molecule has 0 aliphatic carbocycles. The maximum atomic E-state index is 13.8. The van der Waals surface area contributed by atoms with E-state index in [0.29, 0.717) is 11.4 Å². The van der Waals surface area contributed by atoms with Gasteiger partial charge in [-0.15, -0.1) is 0 Å². The van der Waals surface area contributed by atoms with Crippen LogP contribution in [0.5, 0.6) is 0 Å². The summed E-state index contributed by atoms with van der Waals surface area (Å²) in [6.45, 7) is 3.83. The zero-order valence-electron chi connectivity index (χ0n) is 17.8. The first-order valence-electron chi connectivity index (χ1n) is 10.0. The lowest BCUT2D eigenvalue weighted by Gasteiger charge is -2.16. The van der Waals surface area contributed by atoms with Gasteiger partial charge in [-0.25, -0.2) is 9.29 Å². The molecule has 3 amide bonds. The van der Waals surface area contributed by atoms with Gasteiger partial charge in [0.25, 0.3) is 17.7 Å². The van der Waals surface area contributed by atoms with Crippen molar-refractivity contribution in [3.8, 4) is 0 Å². The standard InChI is InChI=1S/C25H19ClFN3O3/c1-14-7-12-18(13-15(14)2)30-24(32)21(26)22(25(30)33)28-17-10-8-16(9-11-17)23(31)29-20-6-4-3-5-19(20)27/h3-13,28H,1-2H3,(H,29,31). The number of anilines is 3. The Morgan fingerprint density at radius 3 is 2.27 bits per heavy atom. The first-order valence-corrected chi connectivity index (χ1v) is 10.4. The number of imide groups is 1. The molecule has 0 bridgehead atoms. The van der Waals surface area contributed by atoms with Gasteiger partial charge in [0.05, 0.1) is 11.4 Å². The number of hydrogen-bond donors (Lipinski definition) is 2. The second-order valence-corrected chi connectivity index (χ2v) is 7.92. The Kier molecular flexibility index (Phi) is 5.98. The van der Waals surface area contributed by atoms with Gasteiger partial charge >= 0.3 is 0 Å². The summed E-state index contributed by atoms with van der Waals surface area (Å²) in [4.78, 5) is 39.0. The molecule has 8 heteroatoms. The van der Waals surface area contributed by atoms with Crippen molar-refractivity contribution in [1.29, 1.82) is 0 Å². The largest absolute Gasteiger partial charge is 0.350 e. The highest BCUT2D eigenvalue weighted by atomic mass is 35.5. The number of nitrogens with zero attached hydrogens (tertiary/aromatic N) is 1. The Morgan fingerprint density at radius 2 is 1.61 bits per heavy atom. The van der Waals surface area contributed by atoms with Gasteiger partial charge in [-0.2, -0.15) is 0 Å². The lowest BCUT2D eigenvalue weighted by Crippen LogP contribution is -2.32. The molecule has 3 aromatic carbocycles. The van der Waals surface area contributed by atoms with E-state index in [1.165, 1.54) is 30.3 Å².